The highest BCUT2D eigenvalue weighted by Crippen LogP contribution is 2.32. The van der Waals surface area contributed by atoms with Crippen LogP contribution >= 0.6 is 0 Å². The Kier molecular flexibility index (Phi) is 6.62. The van der Waals surface area contributed by atoms with Crippen molar-refractivity contribution in [2.75, 3.05) is 33.4 Å². The number of hydrogen-bond acceptors (Lipinski definition) is 3. The summed E-state index contributed by atoms with van der Waals surface area (Å²) < 4.78 is 5.19. The summed E-state index contributed by atoms with van der Waals surface area (Å²) in [5.74, 6) is 1.61. The molecule has 0 radical (unpaired) electrons. The Morgan fingerprint density at radius 3 is 2.26 bits per heavy atom. The molecule has 1 aliphatic heterocycles. The van der Waals surface area contributed by atoms with Crippen LogP contribution in [0.1, 0.15) is 51.4 Å². The van der Waals surface area contributed by atoms with E-state index in [0.717, 1.165) is 31.5 Å². The zero-order valence-corrected chi connectivity index (χ0v) is 12.7. The first kappa shape index (κ1) is 15.3. The van der Waals surface area contributed by atoms with E-state index >= 15 is 0 Å². The normalized spacial score (nSPS) is 31.9. The van der Waals surface area contributed by atoms with Crippen LogP contribution in [0, 0.1) is 11.8 Å². The molecule has 0 aromatic carbocycles. The molecule has 0 spiro atoms. The van der Waals surface area contributed by atoms with Crippen LogP contribution in [0.2, 0.25) is 0 Å². The lowest BCUT2D eigenvalue weighted by atomic mass is 9.82. The third kappa shape index (κ3) is 4.73. The fourth-order valence-corrected chi connectivity index (χ4v) is 3.94. The summed E-state index contributed by atoms with van der Waals surface area (Å²) in [6.45, 7) is 4.16. The van der Waals surface area contributed by atoms with Gasteiger partial charge in [-0.1, -0.05) is 51.4 Å². The van der Waals surface area contributed by atoms with Gasteiger partial charge < -0.3 is 10.5 Å². The van der Waals surface area contributed by atoms with Gasteiger partial charge in [-0.2, -0.15) is 0 Å². The third-order valence-corrected chi connectivity index (χ3v) is 5.10. The van der Waals surface area contributed by atoms with Gasteiger partial charge in [0.25, 0.3) is 0 Å². The van der Waals surface area contributed by atoms with Gasteiger partial charge in [0.1, 0.15) is 0 Å². The molecule has 2 rings (SSSR count). The number of rotatable bonds is 4. The van der Waals surface area contributed by atoms with Crippen LogP contribution in [0.4, 0.5) is 0 Å². The second kappa shape index (κ2) is 8.23. The quantitative estimate of drug-likeness (QED) is 0.852. The fraction of sp³-hybridized carbons (Fsp3) is 1.00. The van der Waals surface area contributed by atoms with E-state index in [1.54, 1.807) is 7.11 Å². The lowest BCUT2D eigenvalue weighted by Crippen LogP contribution is -2.34. The molecule has 2 N–H and O–H groups in total. The Morgan fingerprint density at radius 1 is 1.00 bits per heavy atom. The number of likely N-dealkylation sites (tertiary alicyclic amines) is 1. The predicted molar refractivity (Wildman–Crippen MR) is 80.2 cm³/mol. The summed E-state index contributed by atoms with van der Waals surface area (Å²) in [5.41, 5.74) is 6.42. The Hall–Kier alpha value is -0.120. The molecule has 1 aliphatic carbocycles. The summed E-state index contributed by atoms with van der Waals surface area (Å²) in [4.78, 5) is 2.51. The Balaban J connectivity index is 1.84. The maximum Gasteiger partial charge on any atom is 0.0589 e. The average molecular weight is 268 g/mol. The van der Waals surface area contributed by atoms with Crippen LogP contribution < -0.4 is 5.73 Å². The van der Waals surface area contributed by atoms with Gasteiger partial charge in [-0.05, 0) is 11.8 Å². The lowest BCUT2D eigenvalue weighted by molar-refractivity contribution is 0.155. The number of nitrogens with two attached hydrogens (primary N) is 1. The van der Waals surface area contributed by atoms with Gasteiger partial charge in [-0.15, -0.1) is 0 Å². The molecule has 112 valence electrons. The molecule has 3 heteroatoms. The SMILES string of the molecule is COCCN1C[C@@H](N)[C@H](C2CCCCCCCC2)C1. The molecule has 0 bridgehead atoms. The van der Waals surface area contributed by atoms with Crippen LogP contribution in [-0.2, 0) is 4.74 Å². The van der Waals surface area contributed by atoms with Crippen LogP contribution in [0.15, 0.2) is 0 Å². The summed E-state index contributed by atoms with van der Waals surface area (Å²) in [6, 6.07) is 0.391. The zero-order chi connectivity index (χ0) is 13.5. The third-order valence-electron chi connectivity index (χ3n) is 5.10. The van der Waals surface area contributed by atoms with E-state index in [1.807, 2.05) is 0 Å². The Bertz CT molecular complexity index is 237. The minimum atomic E-state index is 0.391. The largest absolute Gasteiger partial charge is 0.383 e. The summed E-state index contributed by atoms with van der Waals surface area (Å²) in [6.07, 6.45) is 11.4. The molecule has 0 amide bonds. The van der Waals surface area contributed by atoms with Gasteiger partial charge in [0.15, 0.2) is 0 Å². The van der Waals surface area contributed by atoms with Crippen LogP contribution in [0.3, 0.4) is 0 Å². The van der Waals surface area contributed by atoms with E-state index < -0.39 is 0 Å². The van der Waals surface area contributed by atoms with Crippen molar-refractivity contribution in [3.63, 3.8) is 0 Å². The molecular weight excluding hydrogens is 236 g/mol. The van der Waals surface area contributed by atoms with Crippen molar-refractivity contribution in [1.82, 2.24) is 4.90 Å². The molecule has 1 heterocycles. The van der Waals surface area contributed by atoms with Crippen LogP contribution in [0.5, 0.6) is 0 Å². The van der Waals surface area contributed by atoms with E-state index in [1.165, 1.54) is 57.9 Å². The van der Waals surface area contributed by atoms with E-state index in [9.17, 15) is 0 Å². The number of hydrogen-bond donors (Lipinski definition) is 1. The monoisotopic (exact) mass is 268 g/mol. The van der Waals surface area contributed by atoms with Crippen LogP contribution in [0.25, 0.3) is 0 Å². The van der Waals surface area contributed by atoms with E-state index in [4.69, 9.17) is 10.5 Å². The van der Waals surface area contributed by atoms with Crippen molar-refractivity contribution in [1.29, 1.82) is 0 Å². The average Bonchev–Trinajstić information content (AvgIpc) is 2.83. The molecule has 0 aromatic rings. The van der Waals surface area contributed by atoms with Crippen molar-refractivity contribution in [2.45, 2.75) is 57.4 Å². The first-order valence-electron chi connectivity index (χ1n) is 8.28. The molecule has 1 saturated carbocycles. The fourth-order valence-electron chi connectivity index (χ4n) is 3.94. The summed E-state index contributed by atoms with van der Waals surface area (Å²) in [7, 11) is 1.78. The van der Waals surface area contributed by atoms with Gasteiger partial charge in [-0.25, -0.2) is 0 Å². The van der Waals surface area contributed by atoms with Gasteiger partial charge in [0.05, 0.1) is 6.61 Å². The summed E-state index contributed by atoms with van der Waals surface area (Å²) in [5, 5.41) is 0. The van der Waals surface area contributed by atoms with Gasteiger partial charge in [0.2, 0.25) is 0 Å². The minimum Gasteiger partial charge on any atom is -0.383 e. The second-order valence-corrected chi connectivity index (χ2v) is 6.54. The number of ether oxygens (including phenoxy) is 1. The van der Waals surface area contributed by atoms with Crippen molar-refractivity contribution in [3.05, 3.63) is 0 Å². The molecule has 19 heavy (non-hydrogen) atoms. The maximum absolute atomic E-state index is 6.42. The zero-order valence-electron chi connectivity index (χ0n) is 12.7. The van der Waals surface area contributed by atoms with E-state index in [0.29, 0.717) is 6.04 Å². The second-order valence-electron chi connectivity index (χ2n) is 6.54. The maximum atomic E-state index is 6.42. The first-order valence-corrected chi connectivity index (χ1v) is 8.28. The molecule has 2 fully saturated rings. The molecular formula is C16H32N2O. The summed E-state index contributed by atoms with van der Waals surface area (Å²) >= 11 is 0. The lowest BCUT2D eigenvalue weighted by Gasteiger charge is -2.26. The van der Waals surface area contributed by atoms with Gasteiger partial charge in [0, 0.05) is 32.8 Å². The Labute approximate surface area is 118 Å². The highest BCUT2D eigenvalue weighted by Gasteiger charge is 2.34. The Morgan fingerprint density at radius 2 is 1.63 bits per heavy atom. The van der Waals surface area contributed by atoms with Crippen molar-refractivity contribution in [3.8, 4) is 0 Å². The van der Waals surface area contributed by atoms with Crippen molar-refractivity contribution in [2.24, 2.45) is 17.6 Å². The predicted octanol–water partition coefficient (Wildman–Crippen LogP) is 2.64. The minimum absolute atomic E-state index is 0.391. The highest BCUT2D eigenvalue weighted by molar-refractivity contribution is 4.90. The highest BCUT2D eigenvalue weighted by atomic mass is 16.5. The van der Waals surface area contributed by atoms with Gasteiger partial charge >= 0.3 is 0 Å². The van der Waals surface area contributed by atoms with Gasteiger partial charge in [-0.3, -0.25) is 4.90 Å². The topological polar surface area (TPSA) is 38.5 Å². The molecule has 3 nitrogen and oxygen atoms in total. The number of nitrogens with zero attached hydrogens (tertiary/aromatic N) is 1. The first-order chi connectivity index (χ1) is 9.31. The molecule has 2 atom stereocenters. The smallest absolute Gasteiger partial charge is 0.0589 e. The molecule has 0 aromatic heterocycles. The molecule has 1 saturated heterocycles. The van der Waals surface area contributed by atoms with E-state index in [-0.39, 0.29) is 0 Å². The van der Waals surface area contributed by atoms with Crippen LogP contribution in [-0.4, -0.2) is 44.3 Å². The number of methoxy groups -OCH3 is 1. The van der Waals surface area contributed by atoms with Crippen molar-refractivity contribution >= 4 is 0 Å². The molecule has 2 aliphatic rings. The molecule has 0 unspecified atom stereocenters. The van der Waals surface area contributed by atoms with E-state index in [2.05, 4.69) is 4.90 Å². The standard InChI is InChI=1S/C16H32N2O/c1-19-11-10-18-12-15(16(17)13-18)14-8-6-4-2-3-5-7-9-14/h14-16H,2-13,17H2,1H3/t15-,16+/m0/s1. The van der Waals surface area contributed by atoms with Crippen molar-refractivity contribution < 1.29 is 4.74 Å².